The van der Waals surface area contributed by atoms with Crippen molar-refractivity contribution in [2.75, 3.05) is 17.7 Å². The van der Waals surface area contributed by atoms with Crippen LogP contribution in [-0.2, 0) is 22.4 Å². The summed E-state index contributed by atoms with van der Waals surface area (Å²) in [5, 5.41) is 4.25. The smallest absolute Gasteiger partial charge is 0.341 e. The molecule has 0 spiro atoms. The van der Waals surface area contributed by atoms with E-state index in [1.165, 1.54) is 16.9 Å². The molecule has 1 aliphatic carbocycles. The highest BCUT2D eigenvalue weighted by atomic mass is 35.5. The summed E-state index contributed by atoms with van der Waals surface area (Å²) in [7, 11) is 0. The molecule has 7 heteroatoms. The fourth-order valence-electron chi connectivity index (χ4n) is 3.63. The Bertz CT molecular complexity index is 1110. The van der Waals surface area contributed by atoms with Crippen molar-refractivity contribution in [1.29, 1.82) is 0 Å². The van der Waals surface area contributed by atoms with E-state index in [1.54, 1.807) is 18.7 Å². The zero-order chi connectivity index (χ0) is 21.8. The maximum atomic E-state index is 12.7. The number of nitrogens with one attached hydrogen (secondary N) is 1. The van der Waals surface area contributed by atoms with Gasteiger partial charge >= 0.3 is 5.97 Å². The van der Waals surface area contributed by atoms with E-state index in [1.807, 2.05) is 36.4 Å². The number of thioether (sulfide) groups is 1. The molecule has 1 amide bonds. The van der Waals surface area contributed by atoms with Gasteiger partial charge in [-0.3, -0.25) is 4.79 Å². The van der Waals surface area contributed by atoms with Crippen LogP contribution < -0.4 is 5.32 Å². The number of anilines is 1. The van der Waals surface area contributed by atoms with Gasteiger partial charge in [-0.2, -0.15) is 0 Å². The molecule has 1 N–H and O–H groups in total. The van der Waals surface area contributed by atoms with Gasteiger partial charge in [-0.15, -0.1) is 23.1 Å². The first kappa shape index (κ1) is 21.9. The molecule has 0 atom stereocenters. The number of fused-ring (bicyclic) bond motifs is 3. The van der Waals surface area contributed by atoms with Crippen molar-refractivity contribution in [3.8, 4) is 10.4 Å². The lowest BCUT2D eigenvalue weighted by Crippen LogP contribution is -2.16. The molecule has 160 valence electrons. The van der Waals surface area contributed by atoms with Gasteiger partial charge in [0.25, 0.3) is 0 Å². The third kappa shape index (κ3) is 4.97. The number of thiophene rings is 1. The zero-order valence-corrected chi connectivity index (χ0v) is 19.5. The molecular formula is C24H22ClNO3S2. The van der Waals surface area contributed by atoms with Crippen molar-refractivity contribution >= 4 is 51.6 Å². The van der Waals surface area contributed by atoms with E-state index in [9.17, 15) is 9.59 Å². The largest absolute Gasteiger partial charge is 0.462 e. The van der Waals surface area contributed by atoms with E-state index < -0.39 is 0 Å². The first-order valence-electron chi connectivity index (χ1n) is 10.2. The molecule has 4 rings (SSSR count). The zero-order valence-electron chi connectivity index (χ0n) is 17.1. The monoisotopic (exact) mass is 471 g/mol. The normalized spacial score (nSPS) is 12.1. The third-order valence-corrected chi connectivity index (χ3v) is 7.50. The van der Waals surface area contributed by atoms with Gasteiger partial charge in [0.1, 0.15) is 5.00 Å². The SMILES string of the molecule is CCOC(=O)c1c(NC(=O)CCSc2ccc(Cl)cc2)sc2c1CCc1ccccc1-2. The minimum Gasteiger partial charge on any atom is -0.462 e. The predicted molar refractivity (Wildman–Crippen MR) is 129 cm³/mol. The van der Waals surface area contributed by atoms with Gasteiger partial charge in [-0.25, -0.2) is 4.79 Å². The van der Waals surface area contributed by atoms with Crippen LogP contribution in [0.3, 0.4) is 0 Å². The van der Waals surface area contributed by atoms with Crippen LogP contribution in [0.1, 0.15) is 34.8 Å². The second-order valence-corrected chi connectivity index (χ2v) is 9.72. The van der Waals surface area contributed by atoms with Gasteiger partial charge < -0.3 is 10.1 Å². The van der Waals surface area contributed by atoms with Crippen LogP contribution in [0.15, 0.2) is 53.4 Å². The van der Waals surface area contributed by atoms with Gasteiger partial charge in [0.2, 0.25) is 5.91 Å². The maximum Gasteiger partial charge on any atom is 0.341 e. The Morgan fingerprint density at radius 1 is 1.13 bits per heavy atom. The molecule has 2 aromatic carbocycles. The van der Waals surface area contributed by atoms with E-state index in [0.29, 0.717) is 34.4 Å². The van der Waals surface area contributed by atoms with Crippen LogP contribution in [0.4, 0.5) is 5.00 Å². The number of halogens is 1. The summed E-state index contributed by atoms with van der Waals surface area (Å²) in [6.07, 6.45) is 1.98. The predicted octanol–water partition coefficient (Wildman–Crippen LogP) is 6.46. The summed E-state index contributed by atoms with van der Waals surface area (Å²) in [6, 6.07) is 15.8. The number of benzene rings is 2. The molecule has 3 aromatic rings. The molecule has 0 fully saturated rings. The Hall–Kier alpha value is -2.28. The van der Waals surface area contributed by atoms with Crippen LogP contribution in [0.2, 0.25) is 5.02 Å². The van der Waals surface area contributed by atoms with Crippen LogP contribution in [0.5, 0.6) is 0 Å². The summed E-state index contributed by atoms with van der Waals surface area (Å²) in [5.41, 5.74) is 3.89. The van der Waals surface area contributed by atoms with E-state index in [-0.39, 0.29) is 11.9 Å². The van der Waals surface area contributed by atoms with Gasteiger partial charge in [-0.1, -0.05) is 35.9 Å². The third-order valence-electron chi connectivity index (χ3n) is 5.06. The molecule has 1 aromatic heterocycles. The highest BCUT2D eigenvalue weighted by molar-refractivity contribution is 7.99. The van der Waals surface area contributed by atoms with Crippen molar-refractivity contribution < 1.29 is 14.3 Å². The Balaban J connectivity index is 1.52. The number of carbonyl (C=O) groups is 2. The fraction of sp³-hybridized carbons (Fsp3) is 0.250. The lowest BCUT2D eigenvalue weighted by Gasteiger charge is -2.16. The Kier molecular flexibility index (Phi) is 7.00. The van der Waals surface area contributed by atoms with Crippen molar-refractivity contribution in [2.45, 2.75) is 31.1 Å². The summed E-state index contributed by atoms with van der Waals surface area (Å²) in [6.45, 7) is 2.09. The molecular weight excluding hydrogens is 450 g/mol. The van der Waals surface area contributed by atoms with E-state index in [4.69, 9.17) is 16.3 Å². The fourth-order valence-corrected chi connectivity index (χ4v) is 5.92. The van der Waals surface area contributed by atoms with Crippen molar-refractivity contribution in [2.24, 2.45) is 0 Å². The molecule has 4 nitrogen and oxygen atoms in total. The number of esters is 1. The van der Waals surface area contributed by atoms with Gasteiger partial charge in [0.05, 0.1) is 12.2 Å². The average Bonchev–Trinajstić information content (AvgIpc) is 3.13. The summed E-state index contributed by atoms with van der Waals surface area (Å²) < 4.78 is 5.31. The Morgan fingerprint density at radius 3 is 2.68 bits per heavy atom. The number of aryl methyl sites for hydroxylation is 1. The molecule has 0 bridgehead atoms. The van der Waals surface area contributed by atoms with Crippen molar-refractivity contribution in [1.82, 2.24) is 0 Å². The lowest BCUT2D eigenvalue weighted by molar-refractivity contribution is -0.115. The minimum absolute atomic E-state index is 0.112. The average molecular weight is 472 g/mol. The topological polar surface area (TPSA) is 55.4 Å². The highest BCUT2D eigenvalue weighted by Crippen LogP contribution is 2.45. The summed E-state index contributed by atoms with van der Waals surface area (Å²) in [4.78, 5) is 27.5. The molecule has 0 unspecified atom stereocenters. The van der Waals surface area contributed by atoms with Crippen LogP contribution in [0, 0.1) is 0 Å². The molecule has 0 aliphatic heterocycles. The minimum atomic E-state index is -0.370. The number of rotatable bonds is 7. The molecule has 0 saturated heterocycles. The number of amides is 1. The molecule has 1 heterocycles. The molecule has 0 radical (unpaired) electrons. The number of hydrogen-bond acceptors (Lipinski definition) is 5. The summed E-state index contributed by atoms with van der Waals surface area (Å²) >= 11 is 8.98. The lowest BCUT2D eigenvalue weighted by atomic mass is 9.89. The molecule has 31 heavy (non-hydrogen) atoms. The van der Waals surface area contributed by atoms with Gasteiger partial charge in [0.15, 0.2) is 0 Å². The van der Waals surface area contributed by atoms with E-state index >= 15 is 0 Å². The second kappa shape index (κ2) is 9.90. The van der Waals surface area contributed by atoms with Crippen LogP contribution >= 0.6 is 34.7 Å². The standard InChI is InChI=1S/C24H22ClNO3S2/c1-2-29-24(28)21-19-12-7-15-5-3-4-6-18(15)22(19)31-23(21)26-20(27)13-14-30-17-10-8-16(25)9-11-17/h3-6,8-11H,2,7,12-14H2,1H3,(H,26,27). The highest BCUT2D eigenvalue weighted by Gasteiger charge is 2.29. The van der Waals surface area contributed by atoms with E-state index in [0.717, 1.165) is 33.7 Å². The number of hydrogen-bond donors (Lipinski definition) is 1. The van der Waals surface area contributed by atoms with Crippen molar-refractivity contribution in [3.05, 3.63) is 70.2 Å². The molecule has 1 aliphatic rings. The van der Waals surface area contributed by atoms with E-state index in [2.05, 4.69) is 17.4 Å². The molecule has 0 saturated carbocycles. The first-order valence-corrected chi connectivity index (χ1v) is 12.3. The quantitative estimate of drug-likeness (QED) is 0.317. The number of ether oxygens (including phenoxy) is 1. The second-order valence-electron chi connectivity index (χ2n) is 7.09. The Labute approximate surface area is 195 Å². The number of carbonyl (C=O) groups excluding carboxylic acids is 2. The van der Waals surface area contributed by atoms with Crippen molar-refractivity contribution in [3.63, 3.8) is 0 Å². The Morgan fingerprint density at radius 2 is 1.90 bits per heavy atom. The van der Waals surface area contributed by atoms with Gasteiger partial charge in [0, 0.05) is 27.0 Å². The maximum absolute atomic E-state index is 12.7. The van der Waals surface area contributed by atoms with Gasteiger partial charge in [-0.05, 0) is 60.7 Å². The van der Waals surface area contributed by atoms with Crippen LogP contribution in [-0.4, -0.2) is 24.2 Å². The summed E-state index contributed by atoms with van der Waals surface area (Å²) in [5.74, 6) is 0.153. The van der Waals surface area contributed by atoms with Crippen LogP contribution in [0.25, 0.3) is 10.4 Å². The first-order chi connectivity index (χ1) is 15.1.